The Morgan fingerprint density at radius 2 is 1.96 bits per heavy atom. The van der Waals surface area contributed by atoms with Gasteiger partial charge in [0.15, 0.2) is 0 Å². The van der Waals surface area contributed by atoms with Gasteiger partial charge in [-0.25, -0.2) is 4.98 Å². The van der Waals surface area contributed by atoms with Crippen LogP contribution < -0.4 is 0 Å². The normalized spacial score (nSPS) is 24.6. The second-order valence-electron chi connectivity index (χ2n) is 7.54. The third kappa shape index (κ3) is 3.94. The Morgan fingerprint density at radius 3 is 2.68 bits per heavy atom. The van der Waals surface area contributed by atoms with Gasteiger partial charge >= 0.3 is 0 Å². The highest BCUT2D eigenvalue weighted by Crippen LogP contribution is 2.30. The number of H-pyrrole nitrogens is 1. The summed E-state index contributed by atoms with van der Waals surface area (Å²) in [6, 6.07) is 9.79. The van der Waals surface area contributed by atoms with Crippen LogP contribution in [0.3, 0.4) is 0 Å². The molecule has 0 saturated carbocycles. The molecule has 3 fully saturated rings. The number of piperidine rings is 1. The van der Waals surface area contributed by atoms with E-state index in [4.69, 9.17) is 0 Å². The molecule has 0 unspecified atom stereocenters. The monoisotopic (exact) mass is 356 g/mol. The minimum atomic E-state index is 0.679. The molecule has 0 aliphatic carbocycles. The van der Waals surface area contributed by atoms with Crippen molar-refractivity contribution in [2.45, 2.75) is 43.8 Å². The van der Waals surface area contributed by atoms with Gasteiger partial charge in [-0.2, -0.15) is 0 Å². The van der Waals surface area contributed by atoms with Crippen LogP contribution in [-0.4, -0.2) is 51.7 Å². The molecule has 0 radical (unpaired) electrons. The van der Waals surface area contributed by atoms with E-state index < -0.39 is 0 Å². The second-order valence-corrected chi connectivity index (χ2v) is 8.42. The van der Waals surface area contributed by atoms with Crippen LogP contribution in [0, 0.1) is 12.8 Å². The standard InChI is InChI=1S/C20H28N4S/c1-15-20(22-14-21-15)13-23-9-17-3-6-18(12-23)24(11-17)10-16-4-7-19(25-2)8-5-16/h4-5,7-8,14,17-18H,3,6,9-13H2,1-2H3,(H,21,22)/t17-,18+/m0/s1. The molecule has 3 aliphatic rings. The van der Waals surface area contributed by atoms with Crippen LogP contribution in [0.25, 0.3) is 0 Å². The van der Waals surface area contributed by atoms with E-state index in [2.05, 4.69) is 57.2 Å². The molecule has 1 N–H and O–H groups in total. The summed E-state index contributed by atoms with van der Waals surface area (Å²) in [4.78, 5) is 14.4. The Kier molecular flexibility index (Phi) is 5.15. The second kappa shape index (κ2) is 7.52. The molecule has 3 aliphatic heterocycles. The van der Waals surface area contributed by atoms with Gasteiger partial charge in [-0.05, 0) is 49.6 Å². The third-order valence-corrected chi connectivity index (χ3v) is 6.50. The smallest absolute Gasteiger partial charge is 0.0925 e. The Bertz CT molecular complexity index is 696. The molecular formula is C20H28N4S. The molecule has 1 aromatic carbocycles. The summed E-state index contributed by atoms with van der Waals surface area (Å²) in [6.07, 6.45) is 6.67. The van der Waals surface area contributed by atoms with Gasteiger partial charge in [0.05, 0.1) is 12.0 Å². The van der Waals surface area contributed by atoms with E-state index >= 15 is 0 Å². The fraction of sp³-hybridized carbons (Fsp3) is 0.550. The van der Waals surface area contributed by atoms with Crippen molar-refractivity contribution in [3.8, 4) is 0 Å². The van der Waals surface area contributed by atoms with Crippen LogP contribution in [0.2, 0.25) is 0 Å². The minimum Gasteiger partial charge on any atom is -0.348 e. The summed E-state index contributed by atoms with van der Waals surface area (Å²) in [7, 11) is 0. The number of hydrogen-bond acceptors (Lipinski definition) is 4. The molecule has 2 aromatic rings. The number of nitrogens with zero attached hydrogens (tertiary/aromatic N) is 3. The zero-order chi connectivity index (χ0) is 17.2. The Balaban J connectivity index is 1.43. The van der Waals surface area contributed by atoms with Gasteiger partial charge in [-0.15, -0.1) is 11.8 Å². The van der Waals surface area contributed by atoms with Crippen LogP contribution >= 0.6 is 11.8 Å². The Morgan fingerprint density at radius 1 is 1.12 bits per heavy atom. The highest BCUT2D eigenvalue weighted by Gasteiger charge is 2.34. The fourth-order valence-corrected chi connectivity index (χ4v) is 4.73. The summed E-state index contributed by atoms with van der Waals surface area (Å²) in [5.74, 6) is 0.795. The zero-order valence-electron chi connectivity index (χ0n) is 15.2. The number of hydrogen-bond donors (Lipinski definition) is 1. The number of nitrogens with one attached hydrogen (secondary N) is 1. The molecule has 1 aromatic heterocycles. The topological polar surface area (TPSA) is 35.2 Å². The molecule has 134 valence electrons. The summed E-state index contributed by atoms with van der Waals surface area (Å²) in [5, 5.41) is 0. The average molecular weight is 357 g/mol. The van der Waals surface area contributed by atoms with Gasteiger partial charge in [0.25, 0.3) is 0 Å². The summed E-state index contributed by atoms with van der Waals surface area (Å²) >= 11 is 1.81. The fourth-order valence-electron chi connectivity index (χ4n) is 4.32. The van der Waals surface area contributed by atoms with Crippen molar-refractivity contribution in [3.63, 3.8) is 0 Å². The molecule has 25 heavy (non-hydrogen) atoms. The maximum Gasteiger partial charge on any atom is 0.0925 e. The Hall–Kier alpha value is -1.30. The van der Waals surface area contributed by atoms with Gasteiger partial charge in [0.2, 0.25) is 0 Å². The maximum atomic E-state index is 4.50. The van der Waals surface area contributed by atoms with Crippen LogP contribution in [-0.2, 0) is 13.1 Å². The lowest BCUT2D eigenvalue weighted by Gasteiger charge is -2.36. The number of fused-ring (bicyclic) bond motifs is 4. The molecule has 0 spiro atoms. The lowest BCUT2D eigenvalue weighted by molar-refractivity contribution is 0.123. The first kappa shape index (κ1) is 17.1. The van der Waals surface area contributed by atoms with Gasteiger partial charge in [-0.3, -0.25) is 9.80 Å². The van der Waals surface area contributed by atoms with Crippen LogP contribution in [0.5, 0.6) is 0 Å². The van der Waals surface area contributed by atoms with Crippen molar-refractivity contribution in [2.75, 3.05) is 25.9 Å². The molecule has 3 saturated heterocycles. The van der Waals surface area contributed by atoms with E-state index in [9.17, 15) is 0 Å². The van der Waals surface area contributed by atoms with E-state index in [1.165, 1.54) is 54.3 Å². The first-order valence-electron chi connectivity index (χ1n) is 9.29. The van der Waals surface area contributed by atoms with Gasteiger partial charge < -0.3 is 4.98 Å². The highest BCUT2D eigenvalue weighted by molar-refractivity contribution is 7.98. The van der Waals surface area contributed by atoms with Gasteiger partial charge in [0.1, 0.15) is 0 Å². The molecule has 4 nitrogen and oxygen atoms in total. The Labute approximate surface area is 155 Å². The van der Waals surface area contributed by atoms with E-state index in [0.29, 0.717) is 6.04 Å². The molecule has 2 atom stereocenters. The maximum absolute atomic E-state index is 4.50. The first-order valence-corrected chi connectivity index (χ1v) is 10.5. The SMILES string of the molecule is CSc1ccc(CN2C[C@H]3CC[C@@H]2CN(Cc2nc[nH]c2C)C3)cc1. The third-order valence-electron chi connectivity index (χ3n) is 5.75. The lowest BCUT2D eigenvalue weighted by Crippen LogP contribution is -2.43. The number of benzene rings is 1. The zero-order valence-corrected chi connectivity index (χ0v) is 16.1. The molecular weight excluding hydrogens is 328 g/mol. The highest BCUT2D eigenvalue weighted by atomic mass is 32.2. The van der Waals surface area contributed by atoms with Crippen molar-refractivity contribution >= 4 is 11.8 Å². The van der Waals surface area contributed by atoms with Crippen LogP contribution in [0.4, 0.5) is 0 Å². The first-order chi connectivity index (χ1) is 12.2. The quantitative estimate of drug-likeness (QED) is 0.831. The predicted molar refractivity (Wildman–Crippen MR) is 104 cm³/mol. The van der Waals surface area contributed by atoms with Crippen molar-refractivity contribution in [1.29, 1.82) is 0 Å². The number of rotatable bonds is 5. The summed E-state index contributed by atoms with van der Waals surface area (Å²) in [6.45, 7) is 7.82. The number of aryl methyl sites for hydroxylation is 1. The lowest BCUT2D eigenvalue weighted by atomic mass is 9.94. The molecule has 5 rings (SSSR count). The van der Waals surface area contributed by atoms with Gasteiger partial charge in [0, 0.05) is 49.4 Å². The largest absolute Gasteiger partial charge is 0.348 e. The summed E-state index contributed by atoms with van der Waals surface area (Å²) < 4.78 is 0. The average Bonchev–Trinajstić information content (AvgIpc) is 2.83. The van der Waals surface area contributed by atoms with Crippen molar-refractivity contribution in [1.82, 2.24) is 19.8 Å². The number of aromatic nitrogens is 2. The predicted octanol–water partition coefficient (Wildman–Crippen LogP) is 3.54. The molecule has 0 amide bonds. The molecule has 4 heterocycles. The van der Waals surface area contributed by atoms with E-state index in [1.54, 1.807) is 0 Å². The van der Waals surface area contributed by atoms with E-state index in [0.717, 1.165) is 19.0 Å². The number of aromatic amines is 1. The van der Waals surface area contributed by atoms with Crippen molar-refractivity contribution in [3.05, 3.63) is 47.5 Å². The van der Waals surface area contributed by atoms with Crippen LogP contribution in [0.15, 0.2) is 35.5 Å². The summed E-state index contributed by atoms with van der Waals surface area (Å²) in [5.41, 5.74) is 3.86. The van der Waals surface area contributed by atoms with Crippen molar-refractivity contribution in [2.24, 2.45) is 5.92 Å². The molecule has 2 bridgehead atoms. The van der Waals surface area contributed by atoms with Crippen LogP contribution in [0.1, 0.15) is 29.8 Å². The minimum absolute atomic E-state index is 0.679. The van der Waals surface area contributed by atoms with E-state index in [-0.39, 0.29) is 0 Å². The van der Waals surface area contributed by atoms with Crippen molar-refractivity contribution < 1.29 is 0 Å². The molecule has 5 heteroatoms. The number of imidazole rings is 1. The van der Waals surface area contributed by atoms with Gasteiger partial charge in [-0.1, -0.05) is 12.1 Å². The number of thioether (sulfide) groups is 1. The van der Waals surface area contributed by atoms with E-state index in [1.807, 2.05) is 18.1 Å².